The number of rotatable bonds is 12. The molecule has 0 unspecified atom stereocenters. The van der Waals surface area contributed by atoms with Gasteiger partial charge in [0.25, 0.3) is 5.91 Å². The fourth-order valence-electron chi connectivity index (χ4n) is 3.88. The van der Waals surface area contributed by atoms with Crippen LogP contribution in [-0.2, 0) is 16.1 Å². The van der Waals surface area contributed by atoms with E-state index in [9.17, 15) is 14.7 Å². The van der Waals surface area contributed by atoms with Crippen LogP contribution in [0.1, 0.15) is 35.3 Å². The number of para-hydroxylation sites is 1. The van der Waals surface area contributed by atoms with Gasteiger partial charge in [-0.3, -0.25) is 9.69 Å². The number of amides is 1. The number of nitrogens with zero attached hydrogens (tertiary/aromatic N) is 2. The molecule has 0 aromatic heterocycles. The minimum atomic E-state index is -0.989. The molecule has 1 saturated heterocycles. The predicted molar refractivity (Wildman–Crippen MR) is 165 cm³/mol. The van der Waals surface area contributed by atoms with Gasteiger partial charge >= 0.3 is 5.97 Å². The molecule has 0 bridgehead atoms. The van der Waals surface area contributed by atoms with Gasteiger partial charge in [0.05, 0.1) is 39.5 Å². The molecule has 40 heavy (non-hydrogen) atoms. The summed E-state index contributed by atoms with van der Waals surface area (Å²) in [4.78, 5) is 31.6. The van der Waals surface area contributed by atoms with Crippen molar-refractivity contribution >= 4 is 63.2 Å². The number of benzene rings is 3. The maximum absolute atomic E-state index is 13.4. The number of hydrogen-bond acceptors (Lipinski definition) is 7. The van der Waals surface area contributed by atoms with Crippen molar-refractivity contribution in [2.24, 2.45) is 4.99 Å². The molecule has 1 fully saturated rings. The predicted octanol–water partition coefficient (Wildman–Crippen LogP) is 6.61. The summed E-state index contributed by atoms with van der Waals surface area (Å²) in [6.45, 7) is 5.80. The highest BCUT2D eigenvalue weighted by molar-refractivity contribution is 14.1. The summed E-state index contributed by atoms with van der Waals surface area (Å²) < 4.78 is 18.3. The molecule has 0 radical (unpaired) electrons. The number of amidine groups is 1. The summed E-state index contributed by atoms with van der Waals surface area (Å²) in [6, 6.07) is 19.9. The highest BCUT2D eigenvalue weighted by Gasteiger charge is 2.33. The highest BCUT2D eigenvalue weighted by Crippen LogP contribution is 2.38. The fraction of sp³-hybridized carbons (Fsp3) is 0.233. The number of carboxylic acids is 1. The van der Waals surface area contributed by atoms with Crippen molar-refractivity contribution in [1.29, 1.82) is 0 Å². The van der Waals surface area contributed by atoms with Crippen LogP contribution in [0.2, 0.25) is 0 Å². The van der Waals surface area contributed by atoms with Gasteiger partial charge in [-0.2, -0.15) is 0 Å². The molecule has 1 heterocycles. The van der Waals surface area contributed by atoms with Crippen LogP contribution in [0.4, 0.5) is 5.69 Å². The molecular weight excluding hydrogens is 643 g/mol. The molecule has 4 rings (SSSR count). The average molecular weight is 673 g/mol. The second-order valence-corrected chi connectivity index (χ2v) is 10.7. The van der Waals surface area contributed by atoms with Crippen molar-refractivity contribution in [3.05, 3.63) is 91.9 Å². The first-order valence-corrected chi connectivity index (χ1v) is 14.6. The van der Waals surface area contributed by atoms with Gasteiger partial charge in [-0.25, -0.2) is 9.79 Å². The summed E-state index contributed by atoms with van der Waals surface area (Å²) in [5.74, 6) is -0.0274. The first-order valence-electron chi connectivity index (χ1n) is 12.7. The van der Waals surface area contributed by atoms with E-state index in [2.05, 4.69) is 22.6 Å². The van der Waals surface area contributed by atoms with E-state index in [1.165, 1.54) is 11.8 Å². The van der Waals surface area contributed by atoms with Crippen LogP contribution >= 0.6 is 34.4 Å². The monoisotopic (exact) mass is 672 g/mol. The number of carbonyl (C=O) groups is 2. The van der Waals surface area contributed by atoms with Crippen LogP contribution in [0.5, 0.6) is 11.5 Å². The zero-order valence-corrected chi connectivity index (χ0v) is 25.1. The second kappa shape index (κ2) is 14.3. The largest absolute Gasteiger partial charge is 0.490 e. The lowest BCUT2D eigenvalue weighted by atomic mass is 10.1. The molecule has 0 spiro atoms. The number of aliphatic imine (C=N–C) groups is 1. The molecule has 3 aromatic carbocycles. The first kappa shape index (κ1) is 29.6. The van der Waals surface area contributed by atoms with E-state index in [4.69, 9.17) is 19.2 Å². The Bertz CT molecular complexity index is 1430. The lowest BCUT2D eigenvalue weighted by Gasteiger charge is -2.15. The van der Waals surface area contributed by atoms with Gasteiger partial charge in [-0.05, 0) is 102 Å². The Morgan fingerprint density at radius 3 is 2.58 bits per heavy atom. The summed E-state index contributed by atoms with van der Waals surface area (Å²) in [6.07, 6.45) is 1.83. The summed E-state index contributed by atoms with van der Waals surface area (Å²) in [5, 5.41) is 9.87. The maximum Gasteiger partial charge on any atom is 0.335 e. The number of carbonyl (C=O) groups excluding carboxylic acids is 1. The van der Waals surface area contributed by atoms with Crippen molar-refractivity contribution in [3.63, 3.8) is 0 Å². The third-order valence-electron chi connectivity index (χ3n) is 5.72. The zero-order chi connectivity index (χ0) is 28.5. The molecule has 0 atom stereocenters. The smallest absolute Gasteiger partial charge is 0.335 e. The molecule has 0 aliphatic carbocycles. The van der Waals surface area contributed by atoms with E-state index in [0.29, 0.717) is 47.9 Å². The van der Waals surface area contributed by atoms with Crippen LogP contribution < -0.4 is 9.47 Å². The third kappa shape index (κ3) is 7.64. The molecule has 1 aliphatic rings. The van der Waals surface area contributed by atoms with Crippen molar-refractivity contribution in [2.75, 3.05) is 26.4 Å². The number of ether oxygens (including phenoxy) is 3. The van der Waals surface area contributed by atoms with Gasteiger partial charge in [0.2, 0.25) is 0 Å². The normalized spacial score (nSPS) is 15.2. The molecule has 8 nitrogen and oxygen atoms in total. The van der Waals surface area contributed by atoms with Crippen LogP contribution in [0.15, 0.2) is 76.6 Å². The van der Waals surface area contributed by atoms with Crippen molar-refractivity contribution < 1.29 is 28.9 Å². The highest BCUT2D eigenvalue weighted by atomic mass is 127. The van der Waals surface area contributed by atoms with Crippen LogP contribution in [0.25, 0.3) is 6.08 Å². The van der Waals surface area contributed by atoms with E-state index < -0.39 is 5.97 Å². The average Bonchev–Trinajstić information content (AvgIpc) is 3.22. The third-order valence-corrected chi connectivity index (χ3v) is 7.53. The molecule has 0 saturated carbocycles. The van der Waals surface area contributed by atoms with Gasteiger partial charge < -0.3 is 19.3 Å². The lowest BCUT2D eigenvalue weighted by molar-refractivity contribution is -0.122. The Kier molecular flexibility index (Phi) is 10.6. The Hall–Kier alpha value is -3.35. The number of hydrogen-bond donors (Lipinski definition) is 1. The molecular formula is C30H29IN2O6S. The quantitative estimate of drug-likeness (QED) is 0.132. The van der Waals surface area contributed by atoms with Crippen LogP contribution in [0.3, 0.4) is 0 Å². The lowest BCUT2D eigenvalue weighted by Crippen LogP contribution is -2.32. The van der Waals surface area contributed by atoms with E-state index in [-0.39, 0.29) is 18.1 Å². The number of carboxylic acid groups (broad SMARTS) is 1. The maximum atomic E-state index is 13.4. The molecule has 1 aliphatic heterocycles. The van der Waals surface area contributed by atoms with E-state index >= 15 is 0 Å². The van der Waals surface area contributed by atoms with Crippen molar-refractivity contribution in [1.82, 2.24) is 4.90 Å². The SMILES string of the molecule is CCOCCN1C(=O)/C(=C/c2cc(I)c(OCc3cccc(C(=O)O)c3)c(OCC)c2)SC1=Nc1ccccc1. The zero-order valence-electron chi connectivity index (χ0n) is 22.1. The van der Waals surface area contributed by atoms with Gasteiger partial charge in [0.1, 0.15) is 6.61 Å². The Morgan fingerprint density at radius 1 is 1.05 bits per heavy atom. The number of halogens is 1. The topological polar surface area (TPSA) is 97.7 Å². The molecule has 10 heteroatoms. The van der Waals surface area contributed by atoms with E-state index in [1.54, 1.807) is 23.1 Å². The number of thioether (sulfide) groups is 1. The Labute approximate surface area is 251 Å². The van der Waals surface area contributed by atoms with Gasteiger partial charge in [-0.1, -0.05) is 30.3 Å². The fourth-order valence-corrected chi connectivity index (χ4v) is 5.68. The van der Waals surface area contributed by atoms with Gasteiger partial charge in [0, 0.05) is 6.61 Å². The molecule has 1 N–H and O–H groups in total. The van der Waals surface area contributed by atoms with E-state index in [1.807, 2.05) is 68.5 Å². The van der Waals surface area contributed by atoms with Gasteiger partial charge in [-0.15, -0.1) is 0 Å². The molecule has 1 amide bonds. The second-order valence-electron chi connectivity index (χ2n) is 8.55. The number of aromatic carboxylic acids is 1. The van der Waals surface area contributed by atoms with Gasteiger partial charge in [0.15, 0.2) is 16.7 Å². The minimum absolute atomic E-state index is 0.133. The summed E-state index contributed by atoms with van der Waals surface area (Å²) in [7, 11) is 0. The molecule has 3 aromatic rings. The van der Waals surface area contributed by atoms with Crippen molar-refractivity contribution in [3.8, 4) is 11.5 Å². The summed E-state index contributed by atoms with van der Waals surface area (Å²) in [5.41, 5.74) is 2.49. The van der Waals surface area contributed by atoms with Crippen LogP contribution in [0, 0.1) is 3.57 Å². The Morgan fingerprint density at radius 2 is 1.85 bits per heavy atom. The summed E-state index contributed by atoms with van der Waals surface area (Å²) >= 11 is 3.50. The van der Waals surface area contributed by atoms with E-state index in [0.717, 1.165) is 20.4 Å². The standard InChI is InChI=1S/C30H29IN2O6S/c1-3-37-14-13-33-28(34)26(40-30(33)32-23-11-6-5-7-12-23)18-21-16-24(31)27(25(17-21)38-4-2)39-19-20-9-8-10-22(15-20)29(35)36/h5-12,15-18H,3-4,13-14,19H2,1-2H3,(H,35,36)/b26-18-,32-30?. The van der Waals surface area contributed by atoms with Crippen LogP contribution in [-0.4, -0.2) is 53.4 Å². The minimum Gasteiger partial charge on any atom is -0.490 e. The Balaban J connectivity index is 1.60. The molecule has 208 valence electrons. The van der Waals surface area contributed by atoms with Crippen molar-refractivity contribution in [2.45, 2.75) is 20.5 Å². The first-order chi connectivity index (χ1) is 19.4.